The Hall–Kier alpha value is -2.18. The summed E-state index contributed by atoms with van der Waals surface area (Å²) in [5.41, 5.74) is 7.02. The van der Waals surface area contributed by atoms with E-state index in [9.17, 15) is 4.79 Å². The highest BCUT2D eigenvalue weighted by atomic mass is 35.5. The molecule has 0 saturated heterocycles. The van der Waals surface area contributed by atoms with Crippen molar-refractivity contribution in [2.75, 3.05) is 6.61 Å². The van der Waals surface area contributed by atoms with Crippen LogP contribution in [0.2, 0.25) is 5.02 Å². The molecule has 0 atom stereocenters. The summed E-state index contributed by atoms with van der Waals surface area (Å²) in [5, 5.41) is 3.41. The fourth-order valence-electron chi connectivity index (χ4n) is 1.94. The maximum absolute atomic E-state index is 10.9. The number of carbonyl (C=O) groups excluding carboxylic acids is 1. The van der Waals surface area contributed by atoms with Crippen LogP contribution in [0.5, 0.6) is 5.88 Å². The van der Waals surface area contributed by atoms with Crippen molar-refractivity contribution < 1.29 is 9.53 Å². The van der Waals surface area contributed by atoms with Gasteiger partial charge in [0.2, 0.25) is 5.88 Å². The fourth-order valence-corrected chi connectivity index (χ4v) is 2.97. The molecular weight excluding hydrogens is 310 g/mol. The average Bonchev–Trinajstić information content (AvgIpc) is 2.90. The van der Waals surface area contributed by atoms with Crippen molar-refractivity contribution in [1.29, 1.82) is 0 Å². The lowest BCUT2D eigenvalue weighted by molar-refractivity contribution is -0.120. The van der Waals surface area contributed by atoms with Gasteiger partial charge in [-0.2, -0.15) is 0 Å². The zero-order valence-corrected chi connectivity index (χ0v) is 12.3. The van der Waals surface area contributed by atoms with Gasteiger partial charge in [0.25, 0.3) is 5.91 Å². The van der Waals surface area contributed by atoms with Crippen LogP contribution < -0.4 is 10.5 Å². The first-order chi connectivity index (χ1) is 10.1. The number of fused-ring (bicyclic) bond motifs is 1. The molecule has 0 radical (unpaired) electrons. The number of thiophene rings is 1. The number of ether oxygens (including phenoxy) is 1. The second kappa shape index (κ2) is 5.67. The number of nitrogens with two attached hydrogens (primary N) is 1. The van der Waals surface area contributed by atoms with Crippen molar-refractivity contribution in [2.24, 2.45) is 5.73 Å². The zero-order valence-electron chi connectivity index (χ0n) is 10.7. The molecule has 5 nitrogen and oxygen atoms in total. The maximum Gasteiger partial charge on any atom is 0.255 e. The Kier molecular flexibility index (Phi) is 3.72. The van der Waals surface area contributed by atoms with Crippen molar-refractivity contribution in [1.82, 2.24) is 9.97 Å². The lowest BCUT2D eigenvalue weighted by Crippen LogP contribution is -2.20. The normalized spacial score (nSPS) is 10.7. The third-order valence-corrected chi connectivity index (χ3v) is 3.98. The van der Waals surface area contributed by atoms with Gasteiger partial charge in [0.15, 0.2) is 6.61 Å². The smallest absolute Gasteiger partial charge is 0.255 e. The summed E-state index contributed by atoms with van der Waals surface area (Å²) in [6.45, 7) is -0.220. The molecule has 0 fully saturated rings. The van der Waals surface area contributed by atoms with Crippen molar-refractivity contribution in [3.05, 3.63) is 41.0 Å². The molecule has 0 spiro atoms. The van der Waals surface area contributed by atoms with Crippen molar-refractivity contribution in [2.45, 2.75) is 0 Å². The molecule has 21 heavy (non-hydrogen) atoms. The van der Waals surface area contributed by atoms with E-state index in [1.807, 2.05) is 29.6 Å². The van der Waals surface area contributed by atoms with Gasteiger partial charge < -0.3 is 10.5 Å². The summed E-state index contributed by atoms with van der Waals surface area (Å²) in [5.74, 6) is -0.199. The van der Waals surface area contributed by atoms with Crippen LogP contribution >= 0.6 is 22.9 Å². The van der Waals surface area contributed by atoms with E-state index in [1.54, 1.807) is 0 Å². The summed E-state index contributed by atoms with van der Waals surface area (Å²) in [6, 6.07) is 7.45. The largest absolute Gasteiger partial charge is 0.467 e. The Balaban J connectivity index is 2.10. The second-order valence-electron chi connectivity index (χ2n) is 4.27. The first-order valence-electron chi connectivity index (χ1n) is 6.04. The molecule has 0 aliphatic carbocycles. The molecule has 1 amide bonds. The highest BCUT2D eigenvalue weighted by Crippen LogP contribution is 2.37. The number of hydrogen-bond donors (Lipinski definition) is 1. The van der Waals surface area contributed by atoms with Crippen LogP contribution in [0.25, 0.3) is 21.3 Å². The molecule has 3 rings (SSSR count). The van der Waals surface area contributed by atoms with E-state index in [0.29, 0.717) is 10.9 Å². The monoisotopic (exact) mass is 319 g/mol. The zero-order chi connectivity index (χ0) is 14.8. The molecule has 2 N–H and O–H groups in total. The summed E-state index contributed by atoms with van der Waals surface area (Å²) in [7, 11) is 0. The van der Waals surface area contributed by atoms with Gasteiger partial charge in [-0.15, -0.1) is 11.3 Å². The van der Waals surface area contributed by atoms with E-state index in [0.717, 1.165) is 21.3 Å². The molecular formula is C14H10ClN3O2S. The number of aromatic nitrogens is 2. The molecule has 0 aliphatic rings. The van der Waals surface area contributed by atoms with Crippen LogP contribution in [-0.2, 0) is 4.79 Å². The summed E-state index contributed by atoms with van der Waals surface area (Å²) < 4.78 is 5.38. The van der Waals surface area contributed by atoms with E-state index >= 15 is 0 Å². The van der Waals surface area contributed by atoms with Gasteiger partial charge in [-0.1, -0.05) is 23.7 Å². The van der Waals surface area contributed by atoms with Crippen LogP contribution in [-0.4, -0.2) is 22.5 Å². The van der Waals surface area contributed by atoms with Gasteiger partial charge >= 0.3 is 0 Å². The predicted octanol–water partition coefficient (Wildman–Crippen LogP) is 2.88. The van der Waals surface area contributed by atoms with Crippen LogP contribution in [0, 0.1) is 0 Å². The van der Waals surface area contributed by atoms with Crippen LogP contribution in [0.3, 0.4) is 0 Å². The maximum atomic E-state index is 10.9. The summed E-state index contributed by atoms with van der Waals surface area (Å²) in [6.07, 6.45) is 1.40. The predicted molar refractivity (Wildman–Crippen MR) is 82.6 cm³/mol. The number of carbonyl (C=O) groups is 1. The first kappa shape index (κ1) is 13.8. The SMILES string of the molecule is NC(=O)COc1ncnc2scc(-c3ccc(Cl)cc3)c12. The molecule has 0 saturated carbocycles. The topological polar surface area (TPSA) is 78.1 Å². The van der Waals surface area contributed by atoms with Crippen molar-refractivity contribution in [3.63, 3.8) is 0 Å². The van der Waals surface area contributed by atoms with E-state index in [-0.39, 0.29) is 6.61 Å². The fraction of sp³-hybridized carbons (Fsp3) is 0.0714. The minimum Gasteiger partial charge on any atom is -0.467 e. The molecule has 0 aliphatic heterocycles. The number of halogens is 1. The van der Waals surface area contributed by atoms with E-state index in [2.05, 4.69) is 9.97 Å². The third kappa shape index (κ3) is 2.81. The molecule has 2 aromatic heterocycles. The molecule has 3 aromatic rings. The molecule has 2 heterocycles. The lowest BCUT2D eigenvalue weighted by atomic mass is 10.1. The lowest BCUT2D eigenvalue weighted by Gasteiger charge is -2.06. The van der Waals surface area contributed by atoms with Gasteiger partial charge in [0, 0.05) is 16.0 Å². The van der Waals surface area contributed by atoms with Gasteiger partial charge in [0.05, 0.1) is 5.39 Å². The Bertz CT molecular complexity index is 802. The molecule has 106 valence electrons. The third-order valence-electron chi connectivity index (χ3n) is 2.84. The number of amides is 1. The Labute approximate surface area is 129 Å². The summed E-state index contributed by atoms with van der Waals surface area (Å²) in [4.78, 5) is 20.0. The van der Waals surface area contributed by atoms with Crippen molar-refractivity contribution >= 4 is 39.1 Å². The number of nitrogens with zero attached hydrogens (tertiary/aromatic N) is 2. The van der Waals surface area contributed by atoms with Gasteiger partial charge in [-0.3, -0.25) is 4.79 Å². The van der Waals surface area contributed by atoms with Crippen molar-refractivity contribution in [3.8, 4) is 17.0 Å². The standard InChI is InChI=1S/C14H10ClN3O2S/c15-9-3-1-8(2-4-9)10-6-21-14-12(10)13(17-7-18-14)20-5-11(16)19/h1-4,6-7H,5H2,(H2,16,19). The first-order valence-corrected chi connectivity index (χ1v) is 7.30. The van der Waals surface area contributed by atoms with Crippen LogP contribution in [0.1, 0.15) is 0 Å². The van der Waals surface area contributed by atoms with E-state index in [4.69, 9.17) is 22.1 Å². The highest BCUT2D eigenvalue weighted by Gasteiger charge is 2.14. The Morgan fingerprint density at radius 3 is 2.76 bits per heavy atom. The average molecular weight is 320 g/mol. The molecule has 0 unspecified atom stereocenters. The number of benzene rings is 1. The Morgan fingerprint density at radius 1 is 1.29 bits per heavy atom. The van der Waals surface area contributed by atoms with Crippen LogP contribution in [0.15, 0.2) is 36.0 Å². The van der Waals surface area contributed by atoms with Crippen LogP contribution in [0.4, 0.5) is 0 Å². The van der Waals surface area contributed by atoms with E-state index in [1.165, 1.54) is 17.7 Å². The summed E-state index contributed by atoms with van der Waals surface area (Å²) >= 11 is 7.39. The number of hydrogen-bond acceptors (Lipinski definition) is 5. The second-order valence-corrected chi connectivity index (χ2v) is 5.56. The Morgan fingerprint density at radius 2 is 2.05 bits per heavy atom. The minimum absolute atomic E-state index is 0.220. The van der Waals surface area contributed by atoms with E-state index < -0.39 is 5.91 Å². The molecule has 0 bridgehead atoms. The quantitative estimate of drug-likeness (QED) is 0.802. The molecule has 1 aromatic carbocycles. The number of primary amides is 1. The van der Waals surface area contributed by atoms with Gasteiger partial charge in [0.1, 0.15) is 11.2 Å². The number of rotatable bonds is 4. The minimum atomic E-state index is -0.551. The van der Waals surface area contributed by atoms with Gasteiger partial charge in [-0.05, 0) is 17.7 Å². The highest BCUT2D eigenvalue weighted by molar-refractivity contribution is 7.17. The molecule has 7 heteroatoms. The van der Waals surface area contributed by atoms with Gasteiger partial charge in [-0.25, -0.2) is 9.97 Å².